The van der Waals surface area contributed by atoms with E-state index < -0.39 is 0 Å². The van der Waals surface area contributed by atoms with E-state index in [1.807, 2.05) is 17.0 Å². The van der Waals surface area contributed by atoms with Crippen LogP contribution < -0.4 is 4.74 Å². The van der Waals surface area contributed by atoms with Crippen LogP contribution in [-0.4, -0.2) is 31.0 Å². The van der Waals surface area contributed by atoms with Gasteiger partial charge in [0.2, 0.25) is 6.41 Å². The fourth-order valence-electron chi connectivity index (χ4n) is 2.51. The smallest absolute Gasteiger partial charge is 0.209 e. The van der Waals surface area contributed by atoms with Gasteiger partial charge < -0.3 is 9.64 Å². The number of para-hydroxylation sites is 1. The highest BCUT2D eigenvalue weighted by atomic mass is 16.5. The summed E-state index contributed by atoms with van der Waals surface area (Å²) in [6.45, 7) is 8.95. The molecular weight excluding hydrogens is 238 g/mol. The molecule has 0 saturated carbocycles. The molecule has 104 valence electrons. The summed E-state index contributed by atoms with van der Waals surface area (Å²) in [5, 5.41) is 0. The van der Waals surface area contributed by atoms with E-state index in [1.54, 1.807) is 0 Å². The first kappa shape index (κ1) is 13.9. The summed E-state index contributed by atoms with van der Waals surface area (Å²) in [6.07, 6.45) is 1.97. The zero-order valence-electron chi connectivity index (χ0n) is 12.1. The molecule has 0 aromatic heterocycles. The Morgan fingerprint density at radius 3 is 2.74 bits per heavy atom. The Hall–Kier alpha value is -1.51. The highest BCUT2D eigenvalue weighted by molar-refractivity contribution is 5.47. The van der Waals surface area contributed by atoms with Crippen molar-refractivity contribution in [1.82, 2.24) is 4.90 Å². The average Bonchev–Trinajstić information content (AvgIpc) is 2.83. The quantitative estimate of drug-likeness (QED) is 0.780. The first-order valence-electron chi connectivity index (χ1n) is 6.92. The summed E-state index contributed by atoms with van der Waals surface area (Å²) in [6, 6.07) is 8.23. The maximum atomic E-state index is 10.7. The second kappa shape index (κ2) is 5.64. The second-order valence-corrected chi connectivity index (χ2v) is 6.31. The topological polar surface area (TPSA) is 29.5 Å². The number of hydrogen-bond donors (Lipinski definition) is 0. The largest absolute Gasteiger partial charge is 0.493 e. The normalized spacial score (nSPS) is 19.5. The predicted molar refractivity (Wildman–Crippen MR) is 76.4 cm³/mol. The molecule has 0 N–H and O–H groups in total. The van der Waals surface area contributed by atoms with Gasteiger partial charge in [-0.15, -0.1) is 0 Å². The summed E-state index contributed by atoms with van der Waals surface area (Å²) in [5.41, 5.74) is 1.32. The number of ether oxygens (including phenoxy) is 1. The van der Waals surface area contributed by atoms with E-state index in [0.717, 1.165) is 31.7 Å². The molecule has 1 heterocycles. The van der Waals surface area contributed by atoms with E-state index >= 15 is 0 Å². The Morgan fingerprint density at radius 1 is 1.37 bits per heavy atom. The zero-order chi connectivity index (χ0) is 13.9. The van der Waals surface area contributed by atoms with E-state index in [2.05, 4.69) is 32.9 Å². The van der Waals surface area contributed by atoms with Crippen LogP contribution in [0.2, 0.25) is 0 Å². The fraction of sp³-hybridized carbons (Fsp3) is 0.562. The van der Waals surface area contributed by atoms with Gasteiger partial charge in [0.25, 0.3) is 0 Å². The average molecular weight is 261 g/mol. The van der Waals surface area contributed by atoms with Crippen molar-refractivity contribution < 1.29 is 9.53 Å². The Bertz CT molecular complexity index is 437. The molecule has 0 bridgehead atoms. The molecular formula is C16H23NO2. The summed E-state index contributed by atoms with van der Waals surface area (Å²) in [4.78, 5) is 12.5. The molecule has 1 unspecified atom stereocenters. The summed E-state index contributed by atoms with van der Waals surface area (Å²) >= 11 is 0. The summed E-state index contributed by atoms with van der Waals surface area (Å²) < 4.78 is 6.00. The molecule has 19 heavy (non-hydrogen) atoms. The van der Waals surface area contributed by atoms with Crippen LogP contribution in [0.25, 0.3) is 0 Å². The maximum absolute atomic E-state index is 10.7. The highest BCUT2D eigenvalue weighted by Gasteiger charge is 2.23. The Labute approximate surface area is 115 Å². The minimum atomic E-state index is 0.0844. The lowest BCUT2D eigenvalue weighted by molar-refractivity contribution is -0.117. The molecule has 0 radical (unpaired) electrons. The number of nitrogens with zero attached hydrogens (tertiary/aromatic N) is 1. The molecule has 2 rings (SSSR count). The van der Waals surface area contributed by atoms with Crippen molar-refractivity contribution in [2.45, 2.75) is 32.6 Å². The van der Waals surface area contributed by atoms with Gasteiger partial charge in [-0.2, -0.15) is 0 Å². The third-order valence-electron chi connectivity index (χ3n) is 3.64. The van der Waals surface area contributed by atoms with Gasteiger partial charge in [-0.25, -0.2) is 0 Å². The van der Waals surface area contributed by atoms with Crippen molar-refractivity contribution in [3.05, 3.63) is 29.8 Å². The van der Waals surface area contributed by atoms with Gasteiger partial charge >= 0.3 is 0 Å². The Balaban J connectivity index is 1.99. The lowest BCUT2D eigenvalue weighted by Crippen LogP contribution is -2.21. The minimum absolute atomic E-state index is 0.0844. The molecule has 0 spiro atoms. The van der Waals surface area contributed by atoms with Gasteiger partial charge in [-0.05, 0) is 23.5 Å². The van der Waals surface area contributed by atoms with Gasteiger partial charge in [-0.1, -0.05) is 39.0 Å². The van der Waals surface area contributed by atoms with E-state index in [9.17, 15) is 4.79 Å². The molecule has 3 heteroatoms. The number of benzene rings is 1. The van der Waals surface area contributed by atoms with E-state index in [4.69, 9.17) is 4.74 Å². The minimum Gasteiger partial charge on any atom is -0.493 e. The fourth-order valence-corrected chi connectivity index (χ4v) is 2.51. The number of amides is 1. The standard InChI is InChI=1S/C16H23NO2/c1-16(2,3)14-6-4-5-7-15(14)19-11-13-8-9-17(10-13)12-18/h4-7,12-13H,8-11H2,1-3H3. The van der Waals surface area contributed by atoms with Crippen molar-refractivity contribution in [2.75, 3.05) is 19.7 Å². The molecule has 1 atom stereocenters. The molecule has 1 aromatic carbocycles. The number of rotatable bonds is 4. The molecule has 1 amide bonds. The molecule has 1 aliphatic heterocycles. The van der Waals surface area contributed by atoms with Crippen LogP contribution in [0.3, 0.4) is 0 Å². The van der Waals surface area contributed by atoms with Crippen LogP contribution in [0, 0.1) is 5.92 Å². The van der Waals surface area contributed by atoms with Crippen molar-refractivity contribution in [2.24, 2.45) is 5.92 Å². The van der Waals surface area contributed by atoms with Crippen LogP contribution in [0.4, 0.5) is 0 Å². The SMILES string of the molecule is CC(C)(C)c1ccccc1OCC1CCN(C=O)C1. The van der Waals surface area contributed by atoms with E-state index in [0.29, 0.717) is 12.5 Å². The van der Waals surface area contributed by atoms with Crippen molar-refractivity contribution in [3.8, 4) is 5.75 Å². The Kier molecular flexibility index (Phi) is 4.13. The number of hydrogen-bond acceptors (Lipinski definition) is 2. The third kappa shape index (κ3) is 3.49. The Morgan fingerprint density at radius 2 is 2.11 bits per heavy atom. The predicted octanol–water partition coefficient (Wildman–Crippen LogP) is 2.84. The zero-order valence-corrected chi connectivity index (χ0v) is 12.1. The van der Waals surface area contributed by atoms with Crippen LogP contribution in [0.1, 0.15) is 32.8 Å². The molecule has 1 saturated heterocycles. The maximum Gasteiger partial charge on any atom is 0.209 e. The van der Waals surface area contributed by atoms with Crippen LogP contribution in [0.5, 0.6) is 5.75 Å². The first-order valence-corrected chi connectivity index (χ1v) is 6.92. The molecule has 1 fully saturated rings. The summed E-state index contributed by atoms with van der Waals surface area (Å²) in [5.74, 6) is 1.43. The van der Waals surface area contributed by atoms with E-state index in [-0.39, 0.29) is 5.41 Å². The van der Waals surface area contributed by atoms with Crippen molar-refractivity contribution in [1.29, 1.82) is 0 Å². The van der Waals surface area contributed by atoms with Crippen molar-refractivity contribution in [3.63, 3.8) is 0 Å². The monoisotopic (exact) mass is 261 g/mol. The molecule has 0 aliphatic carbocycles. The van der Waals surface area contributed by atoms with Crippen LogP contribution in [0.15, 0.2) is 24.3 Å². The van der Waals surface area contributed by atoms with Gasteiger partial charge in [-0.3, -0.25) is 4.79 Å². The first-order chi connectivity index (χ1) is 9.00. The molecule has 3 nitrogen and oxygen atoms in total. The number of carbonyl (C=O) groups excluding carboxylic acids is 1. The number of carbonyl (C=O) groups is 1. The van der Waals surface area contributed by atoms with Crippen LogP contribution in [-0.2, 0) is 10.2 Å². The highest BCUT2D eigenvalue weighted by Crippen LogP contribution is 2.31. The van der Waals surface area contributed by atoms with Gasteiger partial charge in [0.1, 0.15) is 5.75 Å². The van der Waals surface area contributed by atoms with Gasteiger partial charge in [0.05, 0.1) is 6.61 Å². The van der Waals surface area contributed by atoms with Crippen LogP contribution >= 0.6 is 0 Å². The van der Waals surface area contributed by atoms with Crippen molar-refractivity contribution >= 4 is 6.41 Å². The van der Waals surface area contributed by atoms with Gasteiger partial charge in [0.15, 0.2) is 0 Å². The second-order valence-electron chi connectivity index (χ2n) is 6.31. The lowest BCUT2D eigenvalue weighted by Gasteiger charge is -2.23. The third-order valence-corrected chi connectivity index (χ3v) is 3.64. The number of likely N-dealkylation sites (tertiary alicyclic amines) is 1. The van der Waals surface area contributed by atoms with Gasteiger partial charge in [0, 0.05) is 19.0 Å². The summed E-state index contributed by atoms with van der Waals surface area (Å²) in [7, 11) is 0. The molecule has 1 aromatic rings. The lowest BCUT2D eigenvalue weighted by atomic mass is 9.86. The molecule has 1 aliphatic rings. The van der Waals surface area contributed by atoms with E-state index in [1.165, 1.54) is 5.56 Å².